The second-order valence-corrected chi connectivity index (χ2v) is 5.28. The minimum atomic E-state index is -0.479. The lowest BCUT2D eigenvalue weighted by molar-refractivity contribution is -0.159. The molecule has 1 N–H and O–H groups in total. The number of aliphatic hydroxyl groups excluding tert-OH is 1. The van der Waals surface area contributed by atoms with Crippen LogP contribution in [-0.2, 0) is 0 Å². The van der Waals surface area contributed by atoms with Crippen LogP contribution in [0.25, 0.3) is 0 Å². The highest BCUT2D eigenvalue weighted by molar-refractivity contribution is 6.30. The monoisotopic (exact) mass is 272 g/mol. The fraction of sp³-hybridized carbons (Fsp3) is 0.571. The zero-order valence-corrected chi connectivity index (χ0v) is 11.4. The maximum atomic E-state index is 13.3. The molecule has 4 heteroatoms. The van der Waals surface area contributed by atoms with E-state index in [9.17, 15) is 9.50 Å². The Kier molecular flexibility index (Phi) is 3.83. The zero-order chi connectivity index (χ0) is 13.3. The topological polar surface area (TPSA) is 29.5 Å². The van der Waals surface area contributed by atoms with E-state index in [4.69, 9.17) is 16.3 Å². The molecule has 2 nitrogen and oxygen atoms in total. The Hall–Kier alpha value is -0.800. The third-order valence-corrected chi connectivity index (χ3v) is 4.53. The van der Waals surface area contributed by atoms with E-state index < -0.39 is 5.82 Å². The minimum Gasteiger partial charge on any atom is -0.490 e. The molecule has 2 atom stereocenters. The van der Waals surface area contributed by atoms with E-state index in [0.29, 0.717) is 12.2 Å². The van der Waals surface area contributed by atoms with E-state index in [-0.39, 0.29) is 22.6 Å². The predicted octanol–water partition coefficient (Wildman–Crippen LogP) is 3.80. The summed E-state index contributed by atoms with van der Waals surface area (Å²) in [5, 5.41) is 10.0. The Morgan fingerprint density at radius 3 is 2.61 bits per heavy atom. The number of rotatable bonds is 4. The molecule has 0 saturated heterocycles. The molecule has 1 aromatic carbocycles. The number of hydrogen-bond acceptors (Lipinski definition) is 2. The Bertz CT molecular complexity index is 432. The molecule has 0 bridgehead atoms. The van der Waals surface area contributed by atoms with Crippen molar-refractivity contribution in [3.8, 4) is 5.75 Å². The van der Waals surface area contributed by atoms with Crippen LogP contribution in [0.1, 0.15) is 33.1 Å². The van der Waals surface area contributed by atoms with Gasteiger partial charge in [0.05, 0.1) is 11.1 Å². The van der Waals surface area contributed by atoms with Crippen molar-refractivity contribution in [3.63, 3.8) is 0 Å². The normalized spacial score (nSPS) is 25.6. The molecule has 1 saturated carbocycles. The van der Waals surface area contributed by atoms with Crippen LogP contribution in [0.5, 0.6) is 5.75 Å². The number of hydrogen-bond donors (Lipinski definition) is 1. The van der Waals surface area contributed by atoms with Crippen molar-refractivity contribution in [2.45, 2.75) is 45.3 Å². The summed E-state index contributed by atoms with van der Waals surface area (Å²) in [7, 11) is 0. The molecule has 100 valence electrons. The molecular formula is C14H18ClFO2. The summed E-state index contributed by atoms with van der Waals surface area (Å²) >= 11 is 5.63. The highest BCUT2D eigenvalue weighted by Crippen LogP contribution is 2.48. The summed E-state index contributed by atoms with van der Waals surface area (Å²) in [5.74, 6) is -0.00675. The lowest BCUT2D eigenvalue weighted by Crippen LogP contribution is -2.59. The highest BCUT2D eigenvalue weighted by atomic mass is 35.5. The third kappa shape index (κ3) is 2.10. The van der Waals surface area contributed by atoms with Crippen molar-refractivity contribution >= 4 is 11.6 Å². The van der Waals surface area contributed by atoms with Gasteiger partial charge in [-0.1, -0.05) is 25.4 Å². The van der Waals surface area contributed by atoms with Gasteiger partial charge in [-0.15, -0.1) is 0 Å². The first-order valence-corrected chi connectivity index (χ1v) is 6.71. The van der Waals surface area contributed by atoms with Gasteiger partial charge in [0.15, 0.2) is 0 Å². The van der Waals surface area contributed by atoms with Gasteiger partial charge in [-0.3, -0.25) is 0 Å². The number of aliphatic hydroxyl groups is 1. The standard InChI is InChI=1S/C14H18ClFO2/c1-3-14(4-2)12(17)8-13(14)18-9-5-6-10(15)11(16)7-9/h5-7,12-13,17H,3-4,8H2,1-2H3. The molecule has 0 amide bonds. The summed E-state index contributed by atoms with van der Waals surface area (Å²) in [6, 6.07) is 4.44. The van der Waals surface area contributed by atoms with Gasteiger partial charge in [-0.05, 0) is 25.0 Å². The van der Waals surface area contributed by atoms with Gasteiger partial charge >= 0.3 is 0 Å². The third-order valence-electron chi connectivity index (χ3n) is 4.23. The number of ether oxygens (including phenoxy) is 1. The molecule has 2 rings (SSSR count). The van der Waals surface area contributed by atoms with Gasteiger partial charge in [0.2, 0.25) is 0 Å². The van der Waals surface area contributed by atoms with E-state index in [0.717, 1.165) is 12.8 Å². The molecule has 0 aliphatic heterocycles. The zero-order valence-electron chi connectivity index (χ0n) is 10.6. The summed E-state index contributed by atoms with van der Waals surface area (Å²) in [6.07, 6.45) is 1.93. The Morgan fingerprint density at radius 2 is 2.11 bits per heavy atom. The lowest BCUT2D eigenvalue weighted by Gasteiger charge is -2.52. The summed E-state index contributed by atoms with van der Waals surface area (Å²) in [6.45, 7) is 4.09. The fourth-order valence-corrected chi connectivity index (χ4v) is 2.90. The molecule has 0 aromatic heterocycles. The molecule has 0 spiro atoms. The van der Waals surface area contributed by atoms with Gasteiger partial charge in [-0.25, -0.2) is 4.39 Å². The Morgan fingerprint density at radius 1 is 1.44 bits per heavy atom. The van der Waals surface area contributed by atoms with Crippen LogP contribution in [0.15, 0.2) is 18.2 Å². The summed E-state index contributed by atoms with van der Waals surface area (Å²) in [4.78, 5) is 0. The maximum Gasteiger partial charge on any atom is 0.145 e. The van der Waals surface area contributed by atoms with Gasteiger partial charge in [0.25, 0.3) is 0 Å². The number of benzene rings is 1. The molecule has 1 aromatic rings. The van der Waals surface area contributed by atoms with E-state index in [1.165, 1.54) is 12.1 Å². The van der Waals surface area contributed by atoms with Crippen LogP contribution >= 0.6 is 11.6 Å². The maximum absolute atomic E-state index is 13.3. The van der Waals surface area contributed by atoms with Crippen molar-refractivity contribution in [1.82, 2.24) is 0 Å². The van der Waals surface area contributed by atoms with E-state index in [1.54, 1.807) is 6.07 Å². The highest BCUT2D eigenvalue weighted by Gasteiger charge is 2.53. The summed E-state index contributed by atoms with van der Waals surface area (Å²) in [5.41, 5.74) is -0.198. The average molecular weight is 273 g/mol. The summed E-state index contributed by atoms with van der Waals surface area (Å²) < 4.78 is 19.1. The van der Waals surface area contributed by atoms with Crippen LogP contribution in [0.3, 0.4) is 0 Å². The first kappa shape index (κ1) is 13.6. The van der Waals surface area contributed by atoms with Crippen molar-refractivity contribution < 1.29 is 14.2 Å². The second-order valence-electron chi connectivity index (χ2n) is 4.87. The van der Waals surface area contributed by atoms with E-state index in [2.05, 4.69) is 0 Å². The molecule has 18 heavy (non-hydrogen) atoms. The van der Waals surface area contributed by atoms with Crippen molar-refractivity contribution in [1.29, 1.82) is 0 Å². The molecule has 1 fully saturated rings. The predicted molar refractivity (Wildman–Crippen MR) is 69.5 cm³/mol. The first-order valence-electron chi connectivity index (χ1n) is 6.33. The van der Waals surface area contributed by atoms with Crippen LogP contribution in [0.2, 0.25) is 5.02 Å². The van der Waals surface area contributed by atoms with Gasteiger partial charge < -0.3 is 9.84 Å². The van der Waals surface area contributed by atoms with Crippen LogP contribution in [-0.4, -0.2) is 17.3 Å². The van der Waals surface area contributed by atoms with Crippen LogP contribution in [0.4, 0.5) is 4.39 Å². The lowest BCUT2D eigenvalue weighted by atomic mass is 9.60. The first-order chi connectivity index (χ1) is 8.53. The smallest absolute Gasteiger partial charge is 0.145 e. The number of halogens is 2. The quantitative estimate of drug-likeness (QED) is 0.903. The van der Waals surface area contributed by atoms with Crippen LogP contribution < -0.4 is 4.74 Å². The van der Waals surface area contributed by atoms with Gasteiger partial charge in [0.1, 0.15) is 17.7 Å². The molecule has 1 aliphatic rings. The largest absolute Gasteiger partial charge is 0.490 e. The Balaban J connectivity index is 2.12. The second kappa shape index (κ2) is 5.06. The fourth-order valence-electron chi connectivity index (χ4n) is 2.78. The van der Waals surface area contributed by atoms with Crippen molar-refractivity contribution in [3.05, 3.63) is 29.0 Å². The molecule has 2 unspecified atom stereocenters. The minimum absolute atomic E-state index is 0.0527. The van der Waals surface area contributed by atoms with Crippen molar-refractivity contribution in [2.24, 2.45) is 5.41 Å². The molecule has 0 heterocycles. The Labute approximate surface area is 112 Å². The van der Waals surface area contributed by atoms with Crippen molar-refractivity contribution in [2.75, 3.05) is 0 Å². The van der Waals surface area contributed by atoms with E-state index in [1.807, 2.05) is 13.8 Å². The van der Waals surface area contributed by atoms with E-state index >= 15 is 0 Å². The molecular weight excluding hydrogens is 255 g/mol. The van der Waals surface area contributed by atoms with Crippen LogP contribution in [0, 0.1) is 11.2 Å². The van der Waals surface area contributed by atoms with Gasteiger partial charge in [-0.2, -0.15) is 0 Å². The molecule has 1 aliphatic carbocycles. The molecule has 0 radical (unpaired) electrons. The SMILES string of the molecule is CCC1(CC)C(O)CC1Oc1ccc(Cl)c(F)c1. The average Bonchev–Trinajstić information content (AvgIpc) is 2.35. The van der Waals surface area contributed by atoms with Gasteiger partial charge in [0, 0.05) is 17.9 Å².